The third kappa shape index (κ3) is 2.60. The highest BCUT2D eigenvalue weighted by Crippen LogP contribution is 2.32. The lowest BCUT2D eigenvalue weighted by Crippen LogP contribution is -1.99. The van der Waals surface area contributed by atoms with Gasteiger partial charge in [0.2, 0.25) is 0 Å². The van der Waals surface area contributed by atoms with E-state index in [0.717, 1.165) is 66.3 Å². The molecule has 0 aliphatic carbocycles. The molecule has 2 aromatic carbocycles. The Morgan fingerprint density at radius 2 is 1.00 bits per heavy atom. The summed E-state index contributed by atoms with van der Waals surface area (Å²) in [5.74, 6) is 0. The lowest BCUT2D eigenvalue weighted by molar-refractivity contribution is 1.08. The Morgan fingerprint density at radius 3 is 1.43 bits per heavy atom. The number of benzene rings is 2. The van der Waals surface area contributed by atoms with E-state index >= 15 is 0 Å². The summed E-state index contributed by atoms with van der Waals surface area (Å²) in [6, 6.07) is 11.8. The molecular weight excluding hydrogens is 508 g/mol. The number of aromatic nitrogens is 6. The van der Waals surface area contributed by atoms with Crippen molar-refractivity contribution in [1.82, 2.24) is 29.9 Å². The smallest absolute Gasteiger partial charge is 0.0996 e. The highest BCUT2D eigenvalue weighted by atomic mass is 79.9. The van der Waals surface area contributed by atoms with Gasteiger partial charge < -0.3 is 0 Å². The second-order valence-electron chi connectivity index (χ2n) is 6.93. The van der Waals surface area contributed by atoms with Crippen LogP contribution in [0.1, 0.15) is 11.4 Å². The SMILES string of the molecule is BrCc1nc2cc3nc4c5cccnc5c5ncccc5c4nc3cc2nc1CBr. The molecule has 0 aliphatic heterocycles. The van der Waals surface area contributed by atoms with Crippen molar-refractivity contribution in [2.75, 3.05) is 0 Å². The summed E-state index contributed by atoms with van der Waals surface area (Å²) in [5.41, 5.74) is 8.30. The van der Waals surface area contributed by atoms with Gasteiger partial charge in [-0.15, -0.1) is 0 Å². The zero-order valence-electron chi connectivity index (χ0n) is 15.5. The molecule has 0 radical (unpaired) electrons. The Morgan fingerprint density at radius 1 is 0.567 bits per heavy atom. The zero-order valence-corrected chi connectivity index (χ0v) is 18.6. The minimum atomic E-state index is 0.646. The molecule has 0 unspecified atom stereocenters. The minimum Gasteiger partial charge on any atom is -0.254 e. The topological polar surface area (TPSA) is 77.3 Å². The van der Waals surface area contributed by atoms with E-state index in [-0.39, 0.29) is 0 Å². The van der Waals surface area contributed by atoms with E-state index in [4.69, 9.17) is 19.9 Å². The van der Waals surface area contributed by atoms with Crippen LogP contribution in [0.25, 0.3) is 54.9 Å². The monoisotopic (exact) mass is 518 g/mol. The van der Waals surface area contributed by atoms with Crippen LogP contribution in [0.5, 0.6) is 0 Å². The van der Waals surface area contributed by atoms with Gasteiger partial charge in [0.15, 0.2) is 0 Å². The molecule has 0 spiro atoms. The van der Waals surface area contributed by atoms with Crippen molar-refractivity contribution in [3.63, 3.8) is 0 Å². The van der Waals surface area contributed by atoms with Crippen molar-refractivity contribution >= 4 is 86.8 Å². The van der Waals surface area contributed by atoms with E-state index in [1.54, 1.807) is 12.4 Å². The second kappa shape index (κ2) is 6.85. The van der Waals surface area contributed by atoms with Crippen LogP contribution in [-0.4, -0.2) is 29.9 Å². The molecular formula is C22H12Br2N6. The van der Waals surface area contributed by atoms with Crippen LogP contribution in [0.2, 0.25) is 0 Å². The molecule has 6 aromatic rings. The molecule has 4 heterocycles. The van der Waals surface area contributed by atoms with E-state index in [9.17, 15) is 0 Å². The molecule has 0 aliphatic rings. The highest BCUT2D eigenvalue weighted by Gasteiger charge is 2.15. The van der Waals surface area contributed by atoms with E-state index in [1.807, 2.05) is 36.4 Å². The number of fused-ring (bicyclic) bond motifs is 8. The van der Waals surface area contributed by atoms with Crippen molar-refractivity contribution in [3.8, 4) is 0 Å². The predicted octanol–water partition coefficient (Wildman–Crippen LogP) is 5.61. The molecule has 8 heteroatoms. The van der Waals surface area contributed by atoms with E-state index in [0.29, 0.717) is 10.7 Å². The van der Waals surface area contributed by atoms with E-state index in [2.05, 4.69) is 41.8 Å². The molecule has 0 saturated carbocycles. The van der Waals surface area contributed by atoms with Gasteiger partial charge in [0.05, 0.1) is 55.5 Å². The number of halogens is 2. The summed E-state index contributed by atoms with van der Waals surface area (Å²) < 4.78 is 0. The van der Waals surface area contributed by atoms with Gasteiger partial charge in [0.1, 0.15) is 0 Å². The molecule has 4 aromatic heterocycles. The fourth-order valence-electron chi connectivity index (χ4n) is 3.84. The van der Waals surface area contributed by atoms with Crippen LogP contribution < -0.4 is 0 Å². The number of nitrogens with zero attached hydrogens (tertiary/aromatic N) is 6. The molecule has 6 nitrogen and oxygen atoms in total. The van der Waals surface area contributed by atoms with Gasteiger partial charge in [-0.2, -0.15) is 0 Å². The number of pyridine rings is 2. The maximum atomic E-state index is 4.99. The molecule has 0 atom stereocenters. The van der Waals surface area contributed by atoms with E-state index in [1.165, 1.54) is 0 Å². The van der Waals surface area contributed by atoms with Crippen LogP contribution in [0.15, 0.2) is 48.8 Å². The van der Waals surface area contributed by atoms with Gasteiger partial charge in [-0.05, 0) is 36.4 Å². The summed E-state index contributed by atoms with van der Waals surface area (Å²) in [6.07, 6.45) is 3.56. The fraction of sp³-hybridized carbons (Fsp3) is 0.0909. The molecule has 0 bridgehead atoms. The largest absolute Gasteiger partial charge is 0.254 e. The highest BCUT2D eigenvalue weighted by molar-refractivity contribution is 9.09. The average Bonchev–Trinajstić information content (AvgIpc) is 2.81. The van der Waals surface area contributed by atoms with Crippen molar-refractivity contribution in [1.29, 1.82) is 0 Å². The predicted molar refractivity (Wildman–Crippen MR) is 126 cm³/mol. The Balaban J connectivity index is 1.79. The van der Waals surface area contributed by atoms with Gasteiger partial charge in [-0.1, -0.05) is 31.9 Å². The van der Waals surface area contributed by atoms with Gasteiger partial charge in [-0.3, -0.25) is 9.97 Å². The molecule has 30 heavy (non-hydrogen) atoms. The second-order valence-corrected chi connectivity index (χ2v) is 8.06. The van der Waals surface area contributed by atoms with Gasteiger partial charge in [0.25, 0.3) is 0 Å². The summed E-state index contributed by atoms with van der Waals surface area (Å²) in [7, 11) is 0. The Kier molecular flexibility index (Phi) is 4.10. The molecule has 0 amide bonds. The number of rotatable bonds is 2. The Bertz CT molecular complexity index is 1510. The standard InChI is InChI=1S/C22H12Br2N6/c23-9-17-18(10-24)28-14-8-16-15(7-13(14)27-17)29-21-11-3-1-5-25-19(11)20-12(22(21)30-16)4-2-6-26-20/h1-8H,9-10H2. The number of hydrogen-bond donors (Lipinski definition) is 0. The maximum absolute atomic E-state index is 4.99. The lowest BCUT2D eigenvalue weighted by Gasteiger charge is -2.10. The van der Waals surface area contributed by atoms with Gasteiger partial charge in [-0.25, -0.2) is 19.9 Å². The first-order valence-corrected chi connectivity index (χ1v) is 11.6. The first-order valence-electron chi connectivity index (χ1n) is 9.31. The van der Waals surface area contributed by atoms with E-state index < -0.39 is 0 Å². The summed E-state index contributed by atoms with van der Waals surface area (Å²) in [6.45, 7) is 0. The summed E-state index contributed by atoms with van der Waals surface area (Å²) in [5, 5.41) is 3.17. The third-order valence-corrected chi connectivity index (χ3v) is 6.27. The summed E-state index contributed by atoms with van der Waals surface area (Å²) >= 11 is 7.01. The van der Waals surface area contributed by atoms with Crippen molar-refractivity contribution in [2.24, 2.45) is 0 Å². The lowest BCUT2D eigenvalue weighted by atomic mass is 10.1. The molecule has 0 fully saturated rings. The molecule has 0 saturated heterocycles. The normalized spacial score (nSPS) is 11.9. The van der Waals surface area contributed by atoms with Crippen LogP contribution in [-0.2, 0) is 10.7 Å². The Labute approximate surface area is 187 Å². The van der Waals surface area contributed by atoms with Crippen LogP contribution in [0, 0.1) is 0 Å². The van der Waals surface area contributed by atoms with Crippen molar-refractivity contribution in [2.45, 2.75) is 10.7 Å². The Hall–Kier alpha value is -2.84. The third-order valence-electron chi connectivity index (χ3n) is 5.21. The molecule has 0 N–H and O–H groups in total. The first-order chi connectivity index (χ1) is 14.8. The van der Waals surface area contributed by atoms with Gasteiger partial charge in [0, 0.05) is 33.8 Å². The maximum Gasteiger partial charge on any atom is 0.0996 e. The first kappa shape index (κ1) is 18.0. The van der Waals surface area contributed by atoms with Crippen molar-refractivity contribution < 1.29 is 0 Å². The van der Waals surface area contributed by atoms with Crippen molar-refractivity contribution in [3.05, 3.63) is 60.2 Å². The van der Waals surface area contributed by atoms with Gasteiger partial charge >= 0.3 is 0 Å². The van der Waals surface area contributed by atoms with Crippen LogP contribution >= 0.6 is 31.9 Å². The van der Waals surface area contributed by atoms with Crippen LogP contribution in [0.4, 0.5) is 0 Å². The molecule has 6 rings (SSSR count). The fourth-order valence-corrected chi connectivity index (χ4v) is 4.74. The quantitative estimate of drug-likeness (QED) is 0.168. The molecule has 144 valence electrons. The van der Waals surface area contributed by atoms with Crippen LogP contribution in [0.3, 0.4) is 0 Å². The number of hydrogen-bond acceptors (Lipinski definition) is 6. The summed E-state index contributed by atoms with van der Waals surface area (Å²) in [4.78, 5) is 28.7. The minimum absolute atomic E-state index is 0.646. The number of alkyl halides is 2. The average molecular weight is 520 g/mol. The zero-order chi connectivity index (χ0) is 20.2.